The summed E-state index contributed by atoms with van der Waals surface area (Å²) in [6, 6.07) is 5.07. The summed E-state index contributed by atoms with van der Waals surface area (Å²) in [5.74, 6) is -7.88. The molecular formula is C15H11F3O6. The standard InChI is InChI=1S/C15H11F3O6/c1-2-23-12(20)9-11(15(16,17)18)24-14(22)8-6-4-3-5-7(8)10(19)13(9,14)21/h3-6,21-22H,2H2,1H3/t13-,14-/m1/s1. The quantitative estimate of drug-likeness (QED) is 0.783. The SMILES string of the molecule is CCOC(=O)C1=C(C(F)(F)F)O[C@]2(O)c3ccccc3C(=O)[C@]12O. The van der Waals surface area contributed by atoms with Gasteiger partial charge in [0.2, 0.25) is 17.1 Å². The van der Waals surface area contributed by atoms with Gasteiger partial charge in [-0.15, -0.1) is 0 Å². The molecule has 1 aromatic rings. The number of hydrogen-bond acceptors (Lipinski definition) is 6. The van der Waals surface area contributed by atoms with E-state index >= 15 is 0 Å². The lowest BCUT2D eigenvalue weighted by Gasteiger charge is -2.30. The van der Waals surface area contributed by atoms with Crippen molar-refractivity contribution >= 4 is 11.8 Å². The second kappa shape index (κ2) is 4.81. The van der Waals surface area contributed by atoms with Crippen LogP contribution in [0.4, 0.5) is 13.2 Å². The number of fused-ring (bicyclic) bond motifs is 3. The highest BCUT2D eigenvalue weighted by Crippen LogP contribution is 2.57. The Hall–Kier alpha value is -2.39. The third-order valence-corrected chi connectivity index (χ3v) is 3.93. The van der Waals surface area contributed by atoms with Crippen molar-refractivity contribution in [2.45, 2.75) is 24.5 Å². The molecule has 1 heterocycles. The summed E-state index contributed by atoms with van der Waals surface area (Å²) in [7, 11) is 0. The summed E-state index contributed by atoms with van der Waals surface area (Å²) in [5.41, 5.74) is -5.31. The summed E-state index contributed by atoms with van der Waals surface area (Å²) in [6.45, 7) is 1.03. The van der Waals surface area contributed by atoms with Crippen LogP contribution in [0, 0.1) is 0 Å². The Bertz CT molecular complexity index is 784. The minimum atomic E-state index is -5.23. The fourth-order valence-corrected chi connectivity index (χ4v) is 2.94. The number of rotatable bonds is 2. The van der Waals surface area contributed by atoms with Crippen molar-refractivity contribution in [2.24, 2.45) is 0 Å². The molecule has 0 spiro atoms. The maximum absolute atomic E-state index is 13.2. The van der Waals surface area contributed by atoms with Crippen molar-refractivity contribution in [2.75, 3.05) is 6.61 Å². The van der Waals surface area contributed by atoms with Crippen molar-refractivity contribution < 1.29 is 42.4 Å². The highest BCUT2D eigenvalue weighted by Gasteiger charge is 2.75. The number of halogens is 3. The van der Waals surface area contributed by atoms with Gasteiger partial charge in [0.1, 0.15) is 5.57 Å². The first-order chi connectivity index (χ1) is 11.1. The van der Waals surface area contributed by atoms with Crippen LogP contribution in [-0.4, -0.2) is 40.3 Å². The first kappa shape index (κ1) is 16.5. The molecule has 1 aliphatic heterocycles. The first-order valence-electron chi connectivity index (χ1n) is 6.86. The van der Waals surface area contributed by atoms with Crippen molar-refractivity contribution in [1.29, 1.82) is 0 Å². The Morgan fingerprint density at radius 3 is 2.50 bits per heavy atom. The van der Waals surface area contributed by atoms with E-state index in [0.717, 1.165) is 6.07 Å². The van der Waals surface area contributed by atoms with Crippen LogP contribution >= 0.6 is 0 Å². The summed E-state index contributed by atoms with van der Waals surface area (Å²) < 4.78 is 48.8. The average molecular weight is 344 g/mol. The molecule has 0 aromatic heterocycles. The molecule has 0 fully saturated rings. The lowest BCUT2D eigenvalue weighted by atomic mass is 9.86. The zero-order valence-corrected chi connectivity index (χ0v) is 12.2. The second-order valence-electron chi connectivity index (χ2n) is 5.25. The van der Waals surface area contributed by atoms with Crippen molar-refractivity contribution in [3.05, 3.63) is 46.7 Å². The lowest BCUT2D eigenvalue weighted by Crippen LogP contribution is -2.52. The van der Waals surface area contributed by atoms with Crippen LogP contribution in [0.25, 0.3) is 0 Å². The zero-order valence-electron chi connectivity index (χ0n) is 12.2. The minimum absolute atomic E-state index is 0.245. The van der Waals surface area contributed by atoms with Crippen LogP contribution in [0.2, 0.25) is 0 Å². The molecule has 1 aliphatic carbocycles. The molecule has 0 saturated heterocycles. The van der Waals surface area contributed by atoms with Gasteiger partial charge < -0.3 is 19.7 Å². The van der Waals surface area contributed by atoms with Crippen molar-refractivity contribution in [3.8, 4) is 0 Å². The number of carbonyl (C=O) groups is 2. The molecule has 2 aliphatic rings. The van der Waals surface area contributed by atoms with E-state index in [1.807, 2.05) is 0 Å². The van der Waals surface area contributed by atoms with Gasteiger partial charge in [-0.05, 0) is 6.92 Å². The number of hydrogen-bond donors (Lipinski definition) is 2. The fourth-order valence-electron chi connectivity index (χ4n) is 2.94. The molecule has 0 unspecified atom stereocenters. The molecule has 0 saturated carbocycles. The number of aliphatic hydroxyl groups is 2. The van der Waals surface area contributed by atoms with Gasteiger partial charge in [-0.1, -0.05) is 24.3 Å². The number of carbonyl (C=O) groups excluding carboxylic acids is 2. The summed E-state index contributed by atoms with van der Waals surface area (Å²) in [4.78, 5) is 24.5. The third-order valence-electron chi connectivity index (χ3n) is 3.93. The summed E-state index contributed by atoms with van der Waals surface area (Å²) in [6.07, 6.45) is -5.23. The monoisotopic (exact) mass is 344 g/mol. The Labute approximate surface area is 133 Å². The number of ketones is 1. The molecule has 2 N–H and O–H groups in total. The van der Waals surface area contributed by atoms with Crippen LogP contribution in [0.15, 0.2) is 35.6 Å². The maximum Gasteiger partial charge on any atom is 0.449 e. The number of ether oxygens (including phenoxy) is 2. The van der Waals surface area contributed by atoms with E-state index in [4.69, 9.17) is 0 Å². The van der Waals surface area contributed by atoms with E-state index in [9.17, 15) is 33.0 Å². The van der Waals surface area contributed by atoms with Crippen LogP contribution in [0.5, 0.6) is 0 Å². The summed E-state index contributed by atoms with van der Waals surface area (Å²) >= 11 is 0. The fraction of sp³-hybridized carbons (Fsp3) is 0.333. The molecule has 0 amide bonds. The van der Waals surface area contributed by atoms with Gasteiger partial charge in [0.25, 0.3) is 5.79 Å². The molecule has 0 bridgehead atoms. The maximum atomic E-state index is 13.2. The molecule has 128 valence electrons. The molecule has 1 aromatic carbocycles. The predicted octanol–water partition coefficient (Wildman–Crippen LogP) is 1.17. The van der Waals surface area contributed by atoms with Crippen LogP contribution < -0.4 is 0 Å². The number of benzene rings is 1. The Kier molecular flexibility index (Phi) is 3.30. The van der Waals surface area contributed by atoms with Gasteiger partial charge in [-0.3, -0.25) is 4.79 Å². The van der Waals surface area contributed by atoms with Gasteiger partial charge in [-0.2, -0.15) is 13.2 Å². The van der Waals surface area contributed by atoms with Gasteiger partial charge in [0.15, 0.2) is 0 Å². The normalized spacial score (nSPS) is 28.5. The number of esters is 1. The van der Waals surface area contributed by atoms with E-state index < -0.39 is 40.6 Å². The number of Topliss-reactive ketones (excluding diaryl/α,β-unsaturated/α-hetero) is 1. The van der Waals surface area contributed by atoms with Crippen LogP contribution in [0.1, 0.15) is 22.8 Å². The van der Waals surface area contributed by atoms with Crippen LogP contribution in [0.3, 0.4) is 0 Å². The third kappa shape index (κ3) is 1.79. The topological polar surface area (TPSA) is 93.1 Å². The Morgan fingerprint density at radius 1 is 1.29 bits per heavy atom. The van der Waals surface area contributed by atoms with Crippen molar-refractivity contribution in [3.63, 3.8) is 0 Å². The minimum Gasteiger partial charge on any atom is -0.462 e. The molecule has 2 atom stereocenters. The van der Waals surface area contributed by atoms with E-state index in [0.29, 0.717) is 0 Å². The van der Waals surface area contributed by atoms with E-state index in [2.05, 4.69) is 9.47 Å². The molecule has 24 heavy (non-hydrogen) atoms. The van der Waals surface area contributed by atoms with E-state index in [1.54, 1.807) is 0 Å². The average Bonchev–Trinajstić information content (AvgIpc) is 2.85. The number of alkyl halides is 3. The zero-order chi connectivity index (χ0) is 17.9. The number of allylic oxidation sites excluding steroid dienone is 1. The predicted molar refractivity (Wildman–Crippen MR) is 70.4 cm³/mol. The highest BCUT2D eigenvalue weighted by molar-refractivity contribution is 6.16. The Morgan fingerprint density at radius 2 is 1.92 bits per heavy atom. The van der Waals surface area contributed by atoms with Gasteiger partial charge in [0.05, 0.1) is 6.61 Å². The van der Waals surface area contributed by atoms with Crippen LogP contribution in [-0.2, 0) is 20.1 Å². The smallest absolute Gasteiger partial charge is 0.449 e. The van der Waals surface area contributed by atoms with Gasteiger partial charge in [0, 0.05) is 11.1 Å². The largest absolute Gasteiger partial charge is 0.462 e. The Balaban J connectivity index is 2.29. The van der Waals surface area contributed by atoms with Gasteiger partial charge in [-0.25, -0.2) is 4.79 Å². The van der Waals surface area contributed by atoms with Crippen molar-refractivity contribution in [1.82, 2.24) is 0 Å². The van der Waals surface area contributed by atoms with Gasteiger partial charge >= 0.3 is 12.1 Å². The van der Waals surface area contributed by atoms with E-state index in [1.165, 1.54) is 25.1 Å². The highest BCUT2D eigenvalue weighted by atomic mass is 19.4. The van der Waals surface area contributed by atoms with E-state index in [-0.39, 0.29) is 17.7 Å². The summed E-state index contributed by atoms with van der Waals surface area (Å²) in [5, 5.41) is 21.3. The lowest BCUT2D eigenvalue weighted by molar-refractivity contribution is -0.258. The molecule has 3 rings (SSSR count). The second-order valence-corrected chi connectivity index (χ2v) is 5.25. The first-order valence-corrected chi connectivity index (χ1v) is 6.86. The molecule has 9 heteroatoms. The molecule has 0 radical (unpaired) electrons. The molecule has 6 nitrogen and oxygen atoms in total. The molecular weight excluding hydrogens is 333 g/mol.